The largest absolute Gasteiger partial charge is 0.320 e. The van der Waals surface area contributed by atoms with Crippen LogP contribution in [0.2, 0.25) is 0 Å². The number of carbonyl (C=O) groups excluding carboxylic acids is 1. The maximum absolute atomic E-state index is 13.4. The lowest BCUT2D eigenvalue weighted by Crippen LogP contribution is -2.32. The number of hydrogen-bond acceptors (Lipinski definition) is 3. The molecule has 1 aromatic carbocycles. The van der Waals surface area contributed by atoms with Crippen LogP contribution in [0.3, 0.4) is 0 Å². The van der Waals surface area contributed by atoms with E-state index in [-0.39, 0.29) is 6.54 Å². The van der Waals surface area contributed by atoms with Gasteiger partial charge >= 0.3 is 0 Å². The van der Waals surface area contributed by atoms with Crippen molar-refractivity contribution in [3.63, 3.8) is 0 Å². The first-order valence-electron chi connectivity index (χ1n) is 6.87. The molecule has 0 saturated heterocycles. The van der Waals surface area contributed by atoms with E-state index in [0.717, 1.165) is 24.1 Å². The second-order valence-electron chi connectivity index (χ2n) is 4.99. The highest BCUT2D eigenvalue weighted by molar-refractivity contribution is 5.92. The molecule has 1 heterocycles. The lowest BCUT2D eigenvalue weighted by Gasteiger charge is -2.16. The zero-order valence-electron chi connectivity index (χ0n) is 12.2. The molecule has 22 heavy (non-hydrogen) atoms. The van der Waals surface area contributed by atoms with E-state index in [0.29, 0.717) is 6.54 Å². The average molecular weight is 305 g/mol. The second-order valence-corrected chi connectivity index (χ2v) is 4.99. The van der Waals surface area contributed by atoms with Gasteiger partial charge in [0.15, 0.2) is 0 Å². The van der Waals surface area contributed by atoms with Crippen LogP contribution in [0.1, 0.15) is 5.56 Å². The minimum atomic E-state index is -0.784. The highest BCUT2D eigenvalue weighted by Crippen LogP contribution is 2.17. The van der Waals surface area contributed by atoms with Crippen LogP contribution in [0, 0.1) is 11.6 Å². The van der Waals surface area contributed by atoms with Gasteiger partial charge in [-0.2, -0.15) is 0 Å². The normalized spacial score (nSPS) is 10.7. The van der Waals surface area contributed by atoms with Gasteiger partial charge in [-0.1, -0.05) is 6.07 Å². The number of anilines is 1. The van der Waals surface area contributed by atoms with Crippen molar-refractivity contribution in [1.29, 1.82) is 0 Å². The summed E-state index contributed by atoms with van der Waals surface area (Å²) in [6.07, 6.45) is 4.19. The fraction of sp³-hybridized carbons (Fsp3) is 0.250. The molecule has 0 fully saturated rings. The number of hydrogen-bond donors (Lipinski definition) is 1. The first-order valence-corrected chi connectivity index (χ1v) is 6.87. The Morgan fingerprint density at radius 2 is 1.82 bits per heavy atom. The summed E-state index contributed by atoms with van der Waals surface area (Å²) in [5.74, 6) is -2.03. The van der Waals surface area contributed by atoms with E-state index in [1.165, 1.54) is 6.07 Å². The number of halogens is 2. The van der Waals surface area contributed by atoms with E-state index >= 15 is 0 Å². The van der Waals surface area contributed by atoms with Crippen molar-refractivity contribution >= 4 is 11.6 Å². The number of para-hydroxylation sites is 1. The molecule has 1 N–H and O–H groups in total. The average Bonchev–Trinajstić information content (AvgIpc) is 2.50. The van der Waals surface area contributed by atoms with Crippen molar-refractivity contribution in [1.82, 2.24) is 9.88 Å². The second kappa shape index (κ2) is 7.61. The number of pyridine rings is 1. The Balaban J connectivity index is 1.84. The fourth-order valence-electron chi connectivity index (χ4n) is 1.99. The maximum Gasteiger partial charge on any atom is 0.238 e. The molecule has 116 valence electrons. The molecular formula is C16H17F2N3O. The van der Waals surface area contributed by atoms with Crippen molar-refractivity contribution in [2.24, 2.45) is 0 Å². The SMILES string of the molecule is CN(CCc1ccncc1)CC(=O)Nc1c(F)cccc1F. The van der Waals surface area contributed by atoms with E-state index in [9.17, 15) is 13.6 Å². The van der Waals surface area contributed by atoms with Crippen LogP contribution in [0.15, 0.2) is 42.7 Å². The molecule has 0 aliphatic carbocycles. The molecule has 0 bridgehead atoms. The Morgan fingerprint density at radius 3 is 2.45 bits per heavy atom. The Kier molecular flexibility index (Phi) is 5.55. The Labute approximate surface area is 127 Å². The minimum absolute atomic E-state index is 0.0544. The van der Waals surface area contributed by atoms with Crippen LogP contribution in [0.25, 0.3) is 0 Å². The van der Waals surface area contributed by atoms with Gasteiger partial charge in [0.25, 0.3) is 0 Å². The predicted octanol–water partition coefficient (Wildman–Crippen LogP) is 2.47. The predicted molar refractivity (Wildman–Crippen MR) is 80.4 cm³/mol. The highest BCUT2D eigenvalue weighted by atomic mass is 19.1. The molecule has 2 aromatic rings. The molecule has 0 spiro atoms. The number of nitrogens with zero attached hydrogens (tertiary/aromatic N) is 2. The lowest BCUT2D eigenvalue weighted by molar-refractivity contribution is -0.117. The number of amides is 1. The summed E-state index contributed by atoms with van der Waals surface area (Å²) < 4.78 is 26.9. The van der Waals surface area contributed by atoms with Crippen LogP contribution in [0.4, 0.5) is 14.5 Å². The minimum Gasteiger partial charge on any atom is -0.320 e. The van der Waals surface area contributed by atoms with Gasteiger partial charge in [-0.25, -0.2) is 8.78 Å². The van der Waals surface area contributed by atoms with E-state index in [4.69, 9.17) is 0 Å². The quantitative estimate of drug-likeness (QED) is 0.892. The number of nitrogens with one attached hydrogen (secondary N) is 1. The summed E-state index contributed by atoms with van der Waals surface area (Å²) in [5, 5.41) is 2.27. The Bertz CT molecular complexity index is 614. The third-order valence-corrected chi connectivity index (χ3v) is 3.17. The summed E-state index contributed by atoms with van der Waals surface area (Å²) in [6, 6.07) is 7.27. The van der Waals surface area contributed by atoms with Crippen LogP contribution in [0.5, 0.6) is 0 Å². The van der Waals surface area contributed by atoms with E-state index in [1.807, 2.05) is 12.1 Å². The number of aromatic nitrogens is 1. The molecule has 2 rings (SSSR count). The summed E-state index contributed by atoms with van der Waals surface area (Å²) in [7, 11) is 1.78. The maximum atomic E-state index is 13.4. The van der Waals surface area contributed by atoms with E-state index < -0.39 is 23.2 Å². The standard InChI is InChI=1S/C16H17F2N3O/c1-21(10-7-12-5-8-19-9-6-12)11-15(22)20-16-13(17)3-2-4-14(16)18/h2-6,8-9H,7,10-11H2,1H3,(H,20,22). The first kappa shape index (κ1) is 16.0. The number of carbonyl (C=O) groups is 1. The Hall–Kier alpha value is -2.34. The fourth-order valence-corrected chi connectivity index (χ4v) is 1.99. The summed E-state index contributed by atoms with van der Waals surface area (Å²) >= 11 is 0. The molecule has 0 radical (unpaired) electrons. The van der Waals surface area contributed by atoms with Gasteiger partial charge < -0.3 is 5.32 Å². The van der Waals surface area contributed by atoms with Crippen LogP contribution in [-0.2, 0) is 11.2 Å². The third kappa shape index (κ3) is 4.60. The zero-order chi connectivity index (χ0) is 15.9. The molecule has 0 unspecified atom stereocenters. The van der Waals surface area contributed by atoms with Crippen molar-refractivity contribution in [3.05, 3.63) is 59.9 Å². The molecule has 0 saturated carbocycles. The van der Waals surface area contributed by atoms with Gasteiger partial charge in [0.05, 0.1) is 6.54 Å². The van der Waals surface area contributed by atoms with Gasteiger partial charge in [0, 0.05) is 18.9 Å². The van der Waals surface area contributed by atoms with Crippen LogP contribution in [-0.4, -0.2) is 35.9 Å². The highest BCUT2D eigenvalue weighted by Gasteiger charge is 2.13. The molecule has 0 aliphatic heterocycles. The van der Waals surface area contributed by atoms with Gasteiger partial charge in [0.1, 0.15) is 17.3 Å². The van der Waals surface area contributed by atoms with E-state index in [2.05, 4.69) is 10.3 Å². The van der Waals surface area contributed by atoms with Crippen LogP contribution < -0.4 is 5.32 Å². The smallest absolute Gasteiger partial charge is 0.238 e. The summed E-state index contributed by atoms with van der Waals surface area (Å²) in [4.78, 5) is 17.6. The number of likely N-dealkylation sites (N-methyl/N-ethyl adjacent to an activating group) is 1. The van der Waals surface area contributed by atoms with Crippen molar-refractivity contribution in [2.45, 2.75) is 6.42 Å². The molecule has 1 aromatic heterocycles. The number of rotatable bonds is 6. The topological polar surface area (TPSA) is 45.2 Å². The lowest BCUT2D eigenvalue weighted by atomic mass is 10.2. The summed E-state index contributed by atoms with van der Waals surface area (Å²) in [6.45, 7) is 0.704. The van der Waals surface area contributed by atoms with Crippen molar-refractivity contribution < 1.29 is 13.6 Å². The molecule has 0 aliphatic rings. The van der Waals surface area contributed by atoms with Gasteiger partial charge in [0.2, 0.25) is 5.91 Å². The third-order valence-electron chi connectivity index (χ3n) is 3.17. The molecule has 6 heteroatoms. The molecule has 4 nitrogen and oxygen atoms in total. The number of benzene rings is 1. The Morgan fingerprint density at radius 1 is 1.18 bits per heavy atom. The molecular weight excluding hydrogens is 288 g/mol. The monoisotopic (exact) mass is 305 g/mol. The van der Waals surface area contributed by atoms with Gasteiger partial charge in [-0.3, -0.25) is 14.7 Å². The van der Waals surface area contributed by atoms with Gasteiger partial charge in [-0.05, 0) is 43.3 Å². The van der Waals surface area contributed by atoms with Crippen molar-refractivity contribution in [2.75, 3.05) is 25.5 Å². The summed E-state index contributed by atoms with van der Waals surface area (Å²) in [5.41, 5.74) is 0.706. The first-order chi connectivity index (χ1) is 10.6. The molecule has 1 amide bonds. The van der Waals surface area contributed by atoms with Gasteiger partial charge in [-0.15, -0.1) is 0 Å². The molecule has 0 atom stereocenters. The van der Waals surface area contributed by atoms with Crippen molar-refractivity contribution in [3.8, 4) is 0 Å². The van der Waals surface area contributed by atoms with E-state index in [1.54, 1.807) is 24.3 Å². The zero-order valence-corrected chi connectivity index (χ0v) is 12.2. The van der Waals surface area contributed by atoms with Crippen LogP contribution >= 0.6 is 0 Å².